The Hall–Kier alpha value is -2.30. The van der Waals surface area contributed by atoms with E-state index in [1.807, 2.05) is 0 Å². The maximum absolute atomic E-state index is 13.3. The van der Waals surface area contributed by atoms with E-state index >= 15 is 0 Å². The number of aromatic nitrogens is 1. The lowest BCUT2D eigenvalue weighted by atomic mass is 10.2. The molecule has 0 aliphatic carbocycles. The maximum Gasteiger partial charge on any atom is 0.273 e. The van der Waals surface area contributed by atoms with Crippen LogP contribution in [0.1, 0.15) is 23.1 Å². The molecule has 1 aliphatic heterocycles. The lowest BCUT2D eigenvalue weighted by Gasteiger charge is -2.09. The number of amides is 1. The van der Waals surface area contributed by atoms with E-state index in [9.17, 15) is 26.4 Å². The van der Waals surface area contributed by atoms with Crippen molar-refractivity contribution in [1.82, 2.24) is 9.29 Å². The number of sulfonamides is 1. The van der Waals surface area contributed by atoms with Crippen LogP contribution in [0, 0.1) is 17.5 Å². The molecule has 2 aromatic rings. The smallest absolute Gasteiger partial charge is 0.273 e. The molecule has 0 saturated heterocycles. The van der Waals surface area contributed by atoms with Gasteiger partial charge in [0.15, 0.2) is 17.5 Å². The number of carbonyl (C=O) groups excluding carboxylic acids is 1. The molecule has 0 atom stereocenters. The van der Waals surface area contributed by atoms with Crippen LogP contribution in [0.15, 0.2) is 23.1 Å². The molecule has 0 radical (unpaired) electrons. The molecule has 27 heavy (non-hydrogen) atoms. The van der Waals surface area contributed by atoms with Crippen molar-refractivity contribution in [2.75, 3.05) is 11.9 Å². The van der Waals surface area contributed by atoms with Gasteiger partial charge in [0.2, 0.25) is 10.0 Å². The SMILES string of the molecule is CCNS(=O)(=O)c1c(Cl)c(C(=O)Nc2cc(F)c(F)c(F)c2)n2c1C=CC2. The van der Waals surface area contributed by atoms with Gasteiger partial charge in [-0.25, -0.2) is 26.3 Å². The Morgan fingerprint density at radius 3 is 2.48 bits per heavy atom. The Balaban J connectivity index is 2.05. The van der Waals surface area contributed by atoms with Gasteiger partial charge in [-0.2, -0.15) is 0 Å². The van der Waals surface area contributed by atoms with Crippen molar-refractivity contribution in [2.45, 2.75) is 18.4 Å². The highest BCUT2D eigenvalue weighted by molar-refractivity contribution is 7.89. The Kier molecular flexibility index (Phi) is 5.06. The molecular formula is C16H13ClF3N3O3S. The van der Waals surface area contributed by atoms with Crippen molar-refractivity contribution in [2.24, 2.45) is 0 Å². The molecule has 1 aromatic carbocycles. The summed E-state index contributed by atoms with van der Waals surface area (Å²) in [5, 5.41) is 1.88. The van der Waals surface area contributed by atoms with Crippen molar-refractivity contribution in [1.29, 1.82) is 0 Å². The molecule has 2 heterocycles. The van der Waals surface area contributed by atoms with Gasteiger partial charge in [-0.3, -0.25) is 4.79 Å². The van der Waals surface area contributed by atoms with Gasteiger partial charge in [0, 0.05) is 30.9 Å². The topological polar surface area (TPSA) is 80.2 Å². The Bertz CT molecular complexity index is 1060. The Morgan fingerprint density at radius 1 is 1.26 bits per heavy atom. The first-order valence-corrected chi connectivity index (χ1v) is 9.57. The van der Waals surface area contributed by atoms with Gasteiger partial charge in [-0.05, 0) is 6.08 Å². The van der Waals surface area contributed by atoms with Gasteiger partial charge in [0.1, 0.15) is 10.6 Å². The van der Waals surface area contributed by atoms with Crippen LogP contribution in [-0.2, 0) is 16.6 Å². The number of rotatable bonds is 5. The van der Waals surface area contributed by atoms with Gasteiger partial charge in [0.05, 0.1) is 10.7 Å². The average molecular weight is 420 g/mol. The second-order valence-electron chi connectivity index (χ2n) is 5.60. The first-order chi connectivity index (χ1) is 12.7. The molecule has 1 aliphatic rings. The number of halogens is 4. The van der Waals surface area contributed by atoms with E-state index in [0.29, 0.717) is 12.1 Å². The van der Waals surface area contributed by atoms with Crippen LogP contribution >= 0.6 is 11.6 Å². The largest absolute Gasteiger partial charge is 0.331 e. The number of carbonyl (C=O) groups is 1. The highest BCUT2D eigenvalue weighted by atomic mass is 35.5. The number of hydrogen-bond acceptors (Lipinski definition) is 3. The summed E-state index contributed by atoms with van der Waals surface area (Å²) in [4.78, 5) is 12.3. The molecule has 6 nitrogen and oxygen atoms in total. The Labute approximate surface area is 157 Å². The predicted octanol–water partition coefficient (Wildman–Crippen LogP) is 3.14. The minimum absolute atomic E-state index is 0.114. The van der Waals surface area contributed by atoms with Gasteiger partial charge in [-0.1, -0.05) is 24.6 Å². The van der Waals surface area contributed by atoms with Gasteiger partial charge < -0.3 is 9.88 Å². The second kappa shape index (κ2) is 7.02. The third-order valence-electron chi connectivity index (χ3n) is 3.82. The molecule has 0 unspecified atom stereocenters. The summed E-state index contributed by atoms with van der Waals surface area (Å²) in [6.07, 6.45) is 3.13. The number of hydrogen-bond donors (Lipinski definition) is 2. The summed E-state index contributed by atoms with van der Waals surface area (Å²) >= 11 is 6.17. The number of allylic oxidation sites excluding steroid dienone is 1. The number of anilines is 1. The van der Waals surface area contributed by atoms with Crippen molar-refractivity contribution >= 4 is 39.3 Å². The highest BCUT2D eigenvalue weighted by Crippen LogP contribution is 2.36. The van der Waals surface area contributed by atoms with Crippen molar-refractivity contribution in [3.8, 4) is 0 Å². The molecule has 0 fully saturated rings. The minimum atomic E-state index is -3.97. The van der Waals surface area contributed by atoms with E-state index in [-0.39, 0.29) is 40.1 Å². The molecule has 0 spiro atoms. The molecule has 0 saturated carbocycles. The van der Waals surface area contributed by atoms with Gasteiger partial charge in [0.25, 0.3) is 5.91 Å². The van der Waals surface area contributed by atoms with E-state index in [2.05, 4.69) is 10.0 Å². The third-order valence-corrected chi connectivity index (χ3v) is 5.92. The molecule has 0 bridgehead atoms. The van der Waals surface area contributed by atoms with Crippen molar-refractivity contribution in [3.05, 3.63) is 52.1 Å². The van der Waals surface area contributed by atoms with Crippen LogP contribution in [0.3, 0.4) is 0 Å². The van der Waals surface area contributed by atoms with E-state index in [1.54, 1.807) is 13.0 Å². The second-order valence-corrected chi connectivity index (χ2v) is 7.68. The summed E-state index contributed by atoms with van der Waals surface area (Å²) in [6, 6.07) is 1.21. The lowest BCUT2D eigenvalue weighted by Crippen LogP contribution is -2.23. The van der Waals surface area contributed by atoms with Crippen molar-refractivity contribution in [3.63, 3.8) is 0 Å². The number of nitrogens with one attached hydrogen (secondary N) is 2. The van der Waals surface area contributed by atoms with Gasteiger partial charge >= 0.3 is 0 Å². The van der Waals surface area contributed by atoms with Gasteiger partial charge in [-0.15, -0.1) is 0 Å². The number of benzene rings is 1. The first-order valence-electron chi connectivity index (χ1n) is 7.71. The van der Waals surface area contributed by atoms with Crippen LogP contribution in [-0.4, -0.2) is 25.4 Å². The molecule has 1 aromatic heterocycles. The van der Waals surface area contributed by atoms with Crippen molar-refractivity contribution < 1.29 is 26.4 Å². The fourth-order valence-electron chi connectivity index (χ4n) is 2.76. The number of fused-ring (bicyclic) bond motifs is 1. The standard InChI is InChI=1S/C16H13ClF3N3O3S/c1-2-21-27(25,26)15-11-4-3-5-23(11)14(12(15)17)16(24)22-8-6-9(18)13(20)10(19)7-8/h3-4,6-7,21H,2,5H2,1H3,(H,22,24). The maximum atomic E-state index is 13.3. The van der Waals surface area contributed by atoms with E-state index in [4.69, 9.17) is 11.6 Å². The predicted molar refractivity (Wildman–Crippen MR) is 93.6 cm³/mol. The molecular weight excluding hydrogens is 407 g/mol. The lowest BCUT2D eigenvalue weighted by molar-refractivity contribution is 0.101. The highest BCUT2D eigenvalue weighted by Gasteiger charge is 2.33. The summed E-state index contributed by atoms with van der Waals surface area (Å²) in [5.41, 5.74) is -0.328. The molecule has 3 rings (SSSR count). The fourth-order valence-corrected chi connectivity index (χ4v) is 4.66. The van der Waals surface area contributed by atoms with Crippen LogP contribution < -0.4 is 10.0 Å². The Morgan fingerprint density at radius 2 is 1.89 bits per heavy atom. The zero-order chi connectivity index (χ0) is 19.9. The summed E-state index contributed by atoms with van der Waals surface area (Å²) in [7, 11) is -3.97. The minimum Gasteiger partial charge on any atom is -0.331 e. The van der Waals surface area contributed by atoms with E-state index < -0.39 is 33.4 Å². The summed E-state index contributed by atoms with van der Waals surface area (Å²) in [6.45, 7) is 1.89. The zero-order valence-corrected chi connectivity index (χ0v) is 15.4. The monoisotopic (exact) mass is 419 g/mol. The van der Waals surface area contributed by atoms with Crippen LogP contribution in [0.2, 0.25) is 5.02 Å². The third kappa shape index (κ3) is 3.35. The van der Waals surface area contributed by atoms with Crippen LogP contribution in [0.25, 0.3) is 6.08 Å². The van der Waals surface area contributed by atoms with E-state index in [1.165, 1.54) is 10.6 Å². The first kappa shape index (κ1) is 19.5. The normalized spacial score (nSPS) is 13.1. The summed E-state index contributed by atoms with van der Waals surface area (Å²) < 4.78 is 68.2. The molecule has 11 heteroatoms. The zero-order valence-electron chi connectivity index (χ0n) is 13.8. The molecule has 2 N–H and O–H groups in total. The molecule has 144 valence electrons. The number of nitrogens with zero attached hydrogens (tertiary/aromatic N) is 1. The average Bonchev–Trinajstić information content (AvgIpc) is 3.11. The summed E-state index contributed by atoms with van der Waals surface area (Å²) in [5.74, 6) is -5.52. The fraction of sp³-hybridized carbons (Fsp3) is 0.188. The van der Waals surface area contributed by atoms with Crippen LogP contribution in [0.5, 0.6) is 0 Å². The molecule has 1 amide bonds. The van der Waals surface area contributed by atoms with E-state index in [0.717, 1.165) is 0 Å². The van der Waals surface area contributed by atoms with Crippen LogP contribution in [0.4, 0.5) is 18.9 Å². The quantitative estimate of drug-likeness (QED) is 0.731.